The first kappa shape index (κ1) is 11.9. The van der Waals surface area contributed by atoms with Crippen molar-refractivity contribution in [2.24, 2.45) is 5.73 Å². The Morgan fingerprint density at radius 3 is 2.33 bits per heavy atom. The summed E-state index contributed by atoms with van der Waals surface area (Å²) in [4.78, 5) is 2.25. The van der Waals surface area contributed by atoms with Gasteiger partial charge in [0.1, 0.15) is 5.75 Å². The average molecular weight is 208 g/mol. The van der Waals surface area contributed by atoms with Crippen LogP contribution in [0.25, 0.3) is 0 Å². The van der Waals surface area contributed by atoms with Crippen LogP contribution >= 0.6 is 0 Å². The molecule has 0 aliphatic rings. The summed E-state index contributed by atoms with van der Waals surface area (Å²) in [7, 11) is 1.68. The van der Waals surface area contributed by atoms with Crippen molar-refractivity contribution in [3.63, 3.8) is 0 Å². The molecule has 1 aromatic carbocycles. The van der Waals surface area contributed by atoms with Crippen molar-refractivity contribution in [1.82, 2.24) is 0 Å². The standard InChI is InChI=1S/C12H20N2O/c1-4-14(9-10(2)13)11-5-7-12(15-3)8-6-11/h5-8,10H,4,9,13H2,1-3H3. The van der Waals surface area contributed by atoms with Crippen LogP contribution in [0.2, 0.25) is 0 Å². The number of likely N-dealkylation sites (N-methyl/N-ethyl adjacent to an activating group) is 1. The Morgan fingerprint density at radius 2 is 1.93 bits per heavy atom. The lowest BCUT2D eigenvalue weighted by Gasteiger charge is -2.25. The molecule has 0 bridgehead atoms. The van der Waals surface area contributed by atoms with Gasteiger partial charge in [-0.05, 0) is 38.1 Å². The van der Waals surface area contributed by atoms with Gasteiger partial charge in [-0.3, -0.25) is 0 Å². The van der Waals surface area contributed by atoms with Gasteiger partial charge in [-0.15, -0.1) is 0 Å². The normalized spacial score (nSPS) is 12.3. The van der Waals surface area contributed by atoms with Crippen molar-refractivity contribution in [2.45, 2.75) is 19.9 Å². The average Bonchev–Trinajstić information content (AvgIpc) is 2.26. The van der Waals surface area contributed by atoms with Crippen LogP contribution in [0.1, 0.15) is 13.8 Å². The molecule has 0 radical (unpaired) electrons. The van der Waals surface area contributed by atoms with Gasteiger partial charge in [0.2, 0.25) is 0 Å². The van der Waals surface area contributed by atoms with Crippen molar-refractivity contribution in [3.05, 3.63) is 24.3 Å². The molecule has 0 heterocycles. The fraction of sp³-hybridized carbons (Fsp3) is 0.500. The maximum Gasteiger partial charge on any atom is 0.119 e. The van der Waals surface area contributed by atoms with Gasteiger partial charge < -0.3 is 15.4 Å². The van der Waals surface area contributed by atoms with E-state index in [4.69, 9.17) is 10.5 Å². The lowest BCUT2D eigenvalue weighted by Crippen LogP contribution is -2.35. The van der Waals surface area contributed by atoms with Gasteiger partial charge in [-0.2, -0.15) is 0 Å². The molecule has 0 saturated heterocycles. The van der Waals surface area contributed by atoms with Gasteiger partial charge in [-0.25, -0.2) is 0 Å². The van der Waals surface area contributed by atoms with Crippen LogP contribution in [0.4, 0.5) is 5.69 Å². The topological polar surface area (TPSA) is 38.5 Å². The molecule has 3 heteroatoms. The third-order valence-corrected chi connectivity index (χ3v) is 2.33. The minimum Gasteiger partial charge on any atom is -0.497 e. The van der Waals surface area contributed by atoms with Crippen LogP contribution in [0.3, 0.4) is 0 Å². The van der Waals surface area contributed by atoms with Gasteiger partial charge in [0.15, 0.2) is 0 Å². The molecule has 0 aromatic heterocycles. The molecular formula is C12H20N2O. The highest BCUT2D eigenvalue weighted by Crippen LogP contribution is 2.18. The minimum absolute atomic E-state index is 0.187. The van der Waals surface area contributed by atoms with Gasteiger partial charge >= 0.3 is 0 Å². The van der Waals surface area contributed by atoms with Crippen LogP contribution in [0.5, 0.6) is 5.75 Å². The number of anilines is 1. The summed E-state index contributed by atoms with van der Waals surface area (Å²) in [5, 5.41) is 0. The molecule has 0 aliphatic carbocycles. The lowest BCUT2D eigenvalue weighted by molar-refractivity contribution is 0.415. The summed E-state index contributed by atoms with van der Waals surface area (Å²) in [5.41, 5.74) is 6.99. The molecule has 0 saturated carbocycles. The van der Waals surface area contributed by atoms with Gasteiger partial charge in [0.25, 0.3) is 0 Å². The van der Waals surface area contributed by atoms with E-state index in [-0.39, 0.29) is 6.04 Å². The van der Waals surface area contributed by atoms with Gasteiger partial charge in [0.05, 0.1) is 7.11 Å². The molecule has 1 rings (SSSR count). The highest BCUT2D eigenvalue weighted by atomic mass is 16.5. The SMILES string of the molecule is CCN(CC(C)N)c1ccc(OC)cc1. The third-order valence-electron chi connectivity index (χ3n) is 2.33. The first-order valence-electron chi connectivity index (χ1n) is 5.32. The summed E-state index contributed by atoms with van der Waals surface area (Å²) in [6, 6.07) is 8.25. The maximum absolute atomic E-state index is 5.80. The highest BCUT2D eigenvalue weighted by Gasteiger charge is 2.06. The van der Waals surface area contributed by atoms with E-state index in [0.717, 1.165) is 18.8 Å². The first-order chi connectivity index (χ1) is 7.17. The van der Waals surface area contributed by atoms with Crippen molar-refractivity contribution < 1.29 is 4.74 Å². The van der Waals surface area contributed by atoms with Crippen LogP contribution in [-0.2, 0) is 0 Å². The second-order valence-corrected chi connectivity index (χ2v) is 3.71. The predicted octanol–water partition coefficient (Wildman–Crippen LogP) is 1.87. The van der Waals surface area contributed by atoms with Crippen LogP contribution in [0, 0.1) is 0 Å². The zero-order valence-corrected chi connectivity index (χ0v) is 9.73. The molecule has 0 fully saturated rings. The quantitative estimate of drug-likeness (QED) is 0.802. The summed E-state index contributed by atoms with van der Waals surface area (Å²) in [6.07, 6.45) is 0. The van der Waals surface area contributed by atoms with E-state index in [1.807, 2.05) is 19.1 Å². The first-order valence-corrected chi connectivity index (χ1v) is 5.32. The lowest BCUT2D eigenvalue weighted by atomic mass is 10.2. The Morgan fingerprint density at radius 1 is 1.33 bits per heavy atom. The van der Waals surface area contributed by atoms with E-state index in [0.29, 0.717) is 0 Å². The zero-order valence-electron chi connectivity index (χ0n) is 9.73. The van der Waals surface area contributed by atoms with E-state index >= 15 is 0 Å². The number of benzene rings is 1. The van der Waals surface area contributed by atoms with Crippen LogP contribution in [-0.4, -0.2) is 26.2 Å². The number of hydrogen-bond donors (Lipinski definition) is 1. The molecule has 1 unspecified atom stereocenters. The second kappa shape index (κ2) is 5.61. The Kier molecular flexibility index (Phi) is 4.43. The van der Waals surface area contributed by atoms with E-state index in [1.54, 1.807) is 7.11 Å². The van der Waals surface area contributed by atoms with Crippen molar-refractivity contribution >= 4 is 5.69 Å². The molecule has 84 valence electrons. The third kappa shape index (κ3) is 3.44. The van der Waals surface area contributed by atoms with Crippen LogP contribution < -0.4 is 15.4 Å². The van der Waals surface area contributed by atoms with Crippen molar-refractivity contribution in [3.8, 4) is 5.75 Å². The maximum atomic E-state index is 5.80. The molecule has 3 nitrogen and oxygen atoms in total. The second-order valence-electron chi connectivity index (χ2n) is 3.71. The molecule has 0 spiro atoms. The Labute approximate surface area is 91.8 Å². The van der Waals surface area contributed by atoms with E-state index < -0.39 is 0 Å². The van der Waals surface area contributed by atoms with E-state index in [1.165, 1.54) is 5.69 Å². The summed E-state index contributed by atoms with van der Waals surface area (Å²) < 4.78 is 5.12. The molecule has 2 N–H and O–H groups in total. The minimum atomic E-state index is 0.187. The van der Waals surface area contributed by atoms with Crippen molar-refractivity contribution in [1.29, 1.82) is 0 Å². The van der Waals surface area contributed by atoms with Gasteiger partial charge in [-0.1, -0.05) is 0 Å². The number of nitrogens with zero attached hydrogens (tertiary/aromatic N) is 1. The monoisotopic (exact) mass is 208 g/mol. The number of rotatable bonds is 5. The number of methoxy groups -OCH3 is 1. The fourth-order valence-corrected chi connectivity index (χ4v) is 1.56. The smallest absolute Gasteiger partial charge is 0.119 e. The van der Waals surface area contributed by atoms with E-state index in [9.17, 15) is 0 Å². The Hall–Kier alpha value is -1.22. The zero-order chi connectivity index (χ0) is 11.3. The largest absolute Gasteiger partial charge is 0.497 e. The summed E-state index contributed by atoms with van der Waals surface area (Å²) in [5.74, 6) is 0.885. The number of nitrogens with two attached hydrogens (primary N) is 1. The summed E-state index contributed by atoms with van der Waals surface area (Å²) in [6.45, 7) is 6.00. The predicted molar refractivity (Wildman–Crippen MR) is 64.5 cm³/mol. The fourth-order valence-electron chi connectivity index (χ4n) is 1.56. The Bertz CT molecular complexity index is 282. The summed E-state index contributed by atoms with van der Waals surface area (Å²) >= 11 is 0. The molecule has 15 heavy (non-hydrogen) atoms. The highest BCUT2D eigenvalue weighted by molar-refractivity contribution is 5.49. The van der Waals surface area contributed by atoms with E-state index in [2.05, 4.69) is 24.0 Å². The molecule has 0 amide bonds. The molecular weight excluding hydrogens is 188 g/mol. The molecule has 1 atom stereocenters. The number of hydrogen-bond acceptors (Lipinski definition) is 3. The molecule has 0 aliphatic heterocycles. The van der Waals surface area contributed by atoms with Crippen molar-refractivity contribution in [2.75, 3.05) is 25.1 Å². The van der Waals surface area contributed by atoms with Crippen LogP contribution in [0.15, 0.2) is 24.3 Å². The molecule has 1 aromatic rings. The number of ether oxygens (including phenoxy) is 1. The Balaban J connectivity index is 2.74. The van der Waals surface area contributed by atoms with Gasteiger partial charge in [0, 0.05) is 24.8 Å².